The first-order chi connectivity index (χ1) is 12.9. The van der Waals surface area contributed by atoms with Gasteiger partial charge in [0.2, 0.25) is 11.7 Å². The van der Waals surface area contributed by atoms with E-state index >= 15 is 0 Å². The number of alkyl halides is 3. The summed E-state index contributed by atoms with van der Waals surface area (Å²) in [6, 6.07) is 0.711. The highest BCUT2D eigenvalue weighted by atomic mass is 19.4. The minimum Gasteiger partial charge on any atom is -0.339 e. The second-order valence-corrected chi connectivity index (χ2v) is 7.63. The zero-order chi connectivity index (χ0) is 19.0. The van der Waals surface area contributed by atoms with Gasteiger partial charge in [-0.3, -0.25) is 14.6 Å². The Bertz CT molecular complexity index is 699. The van der Waals surface area contributed by atoms with Crippen LogP contribution in [0.3, 0.4) is 0 Å². The monoisotopic (exact) mass is 383 g/mol. The lowest BCUT2D eigenvalue weighted by molar-refractivity contribution is -0.145. The van der Waals surface area contributed by atoms with Gasteiger partial charge in [0.1, 0.15) is 0 Å². The molecule has 0 aromatic carbocycles. The molecule has 1 aromatic heterocycles. The van der Waals surface area contributed by atoms with Crippen LogP contribution in [0.15, 0.2) is 6.20 Å². The normalized spacial score (nSPS) is 22.4. The van der Waals surface area contributed by atoms with E-state index in [2.05, 4.69) is 14.9 Å². The van der Waals surface area contributed by atoms with Gasteiger partial charge in [-0.2, -0.15) is 13.2 Å². The van der Waals surface area contributed by atoms with E-state index in [1.165, 1.54) is 25.5 Å². The largest absolute Gasteiger partial charge is 0.451 e. The number of hydrogen-bond acceptors (Lipinski definition) is 5. The molecule has 3 heterocycles. The second kappa shape index (κ2) is 7.35. The van der Waals surface area contributed by atoms with Crippen LogP contribution in [0.2, 0.25) is 0 Å². The van der Waals surface area contributed by atoms with Crippen molar-refractivity contribution in [1.82, 2.24) is 24.7 Å². The van der Waals surface area contributed by atoms with Crippen molar-refractivity contribution >= 4 is 5.91 Å². The third-order valence-electron chi connectivity index (χ3n) is 5.88. The molecule has 2 fully saturated rings. The van der Waals surface area contributed by atoms with Crippen molar-refractivity contribution in [1.29, 1.82) is 0 Å². The molecule has 1 amide bonds. The van der Waals surface area contributed by atoms with Gasteiger partial charge >= 0.3 is 6.18 Å². The Labute approximate surface area is 156 Å². The van der Waals surface area contributed by atoms with Crippen LogP contribution in [0.1, 0.15) is 36.3 Å². The summed E-state index contributed by atoms with van der Waals surface area (Å²) < 4.78 is 38.2. The zero-order valence-electron chi connectivity index (χ0n) is 15.2. The first-order valence-corrected chi connectivity index (χ1v) is 9.56. The molecule has 1 aliphatic carbocycles. The average molecular weight is 383 g/mol. The third-order valence-corrected chi connectivity index (χ3v) is 5.88. The molecule has 0 radical (unpaired) electrons. The summed E-state index contributed by atoms with van der Waals surface area (Å²) in [6.07, 6.45) is 1.000. The Balaban J connectivity index is 1.30. The van der Waals surface area contributed by atoms with Crippen molar-refractivity contribution in [3.8, 4) is 0 Å². The highest BCUT2D eigenvalue weighted by Crippen LogP contribution is 2.28. The number of carbonyl (C=O) groups excluding carboxylic acids is 1. The van der Waals surface area contributed by atoms with Gasteiger partial charge in [0.25, 0.3) is 0 Å². The van der Waals surface area contributed by atoms with Gasteiger partial charge in [-0.1, -0.05) is 6.42 Å². The van der Waals surface area contributed by atoms with Gasteiger partial charge in [-0.25, -0.2) is 9.97 Å². The van der Waals surface area contributed by atoms with E-state index in [0.29, 0.717) is 43.4 Å². The lowest BCUT2D eigenvalue weighted by Gasteiger charge is -2.43. The molecular weight excluding hydrogens is 359 g/mol. The molecule has 6 nitrogen and oxygen atoms in total. The van der Waals surface area contributed by atoms with E-state index in [0.717, 1.165) is 26.2 Å². The molecule has 0 N–H and O–H groups in total. The van der Waals surface area contributed by atoms with E-state index in [4.69, 9.17) is 0 Å². The van der Waals surface area contributed by atoms with Gasteiger partial charge in [-0.05, 0) is 12.8 Å². The molecule has 1 aromatic rings. The molecular formula is C18H24F3N5O. The van der Waals surface area contributed by atoms with E-state index < -0.39 is 12.0 Å². The molecule has 0 atom stereocenters. The molecule has 1 saturated heterocycles. The molecule has 0 spiro atoms. The van der Waals surface area contributed by atoms with Crippen molar-refractivity contribution in [3.05, 3.63) is 23.3 Å². The van der Waals surface area contributed by atoms with E-state index in [-0.39, 0.29) is 5.91 Å². The topological polar surface area (TPSA) is 52.6 Å². The van der Waals surface area contributed by atoms with Crippen LogP contribution in [0, 0.1) is 0 Å². The molecule has 9 heteroatoms. The summed E-state index contributed by atoms with van der Waals surface area (Å²) >= 11 is 0. The molecule has 1 saturated carbocycles. The summed E-state index contributed by atoms with van der Waals surface area (Å²) in [5.74, 6) is -0.991. The number of fused-ring (bicyclic) bond motifs is 1. The van der Waals surface area contributed by atoms with E-state index in [1.54, 1.807) is 0 Å². The number of aromatic nitrogens is 2. The average Bonchev–Trinajstić information content (AvgIpc) is 2.59. The minimum atomic E-state index is -4.52. The summed E-state index contributed by atoms with van der Waals surface area (Å²) in [4.78, 5) is 26.1. The second-order valence-electron chi connectivity index (χ2n) is 7.63. The Morgan fingerprint density at radius 1 is 1.15 bits per heavy atom. The first-order valence-electron chi connectivity index (χ1n) is 9.56. The predicted octanol–water partition coefficient (Wildman–Crippen LogP) is 1.55. The fourth-order valence-corrected chi connectivity index (χ4v) is 4.03. The van der Waals surface area contributed by atoms with Crippen LogP contribution in [-0.4, -0.2) is 75.9 Å². The predicted molar refractivity (Wildman–Crippen MR) is 91.8 cm³/mol. The van der Waals surface area contributed by atoms with Crippen molar-refractivity contribution in [2.24, 2.45) is 0 Å². The number of hydrogen-bond donors (Lipinski definition) is 0. The molecule has 2 aliphatic heterocycles. The van der Waals surface area contributed by atoms with Crippen LogP contribution in [0.25, 0.3) is 0 Å². The van der Waals surface area contributed by atoms with Crippen LogP contribution in [0.5, 0.6) is 0 Å². The summed E-state index contributed by atoms with van der Waals surface area (Å²) in [5, 5.41) is 0. The summed E-state index contributed by atoms with van der Waals surface area (Å²) in [6.45, 7) is 4.65. The quantitative estimate of drug-likeness (QED) is 0.793. The summed E-state index contributed by atoms with van der Waals surface area (Å²) in [7, 11) is 0. The highest BCUT2D eigenvalue weighted by molar-refractivity contribution is 5.78. The highest BCUT2D eigenvalue weighted by Gasteiger charge is 2.36. The lowest BCUT2D eigenvalue weighted by Crippen LogP contribution is -2.55. The first kappa shape index (κ1) is 18.6. The van der Waals surface area contributed by atoms with Crippen LogP contribution >= 0.6 is 0 Å². The number of nitrogens with zero attached hydrogens (tertiary/aromatic N) is 5. The zero-order valence-corrected chi connectivity index (χ0v) is 15.2. The maximum absolute atomic E-state index is 12.7. The Morgan fingerprint density at radius 3 is 2.52 bits per heavy atom. The number of amides is 1. The fourth-order valence-electron chi connectivity index (χ4n) is 4.03. The Morgan fingerprint density at radius 2 is 1.89 bits per heavy atom. The van der Waals surface area contributed by atoms with Crippen LogP contribution < -0.4 is 0 Å². The standard InChI is InChI=1S/C18H24F3N5O/c19-18(20,21)17-22-10-13-11-24(5-4-15(13)23-17)12-16(27)26-8-6-25(7-9-26)14-2-1-3-14/h10,14H,1-9,11-12H2. The van der Waals surface area contributed by atoms with Gasteiger partial charge in [0.15, 0.2) is 0 Å². The minimum absolute atomic E-state index is 0.0968. The number of piperazine rings is 1. The van der Waals surface area contributed by atoms with Crippen molar-refractivity contribution in [2.45, 2.75) is 44.4 Å². The summed E-state index contributed by atoms with van der Waals surface area (Å²) in [5.41, 5.74) is 1.12. The van der Waals surface area contributed by atoms with E-state index in [9.17, 15) is 18.0 Å². The van der Waals surface area contributed by atoms with Gasteiger partial charge in [0, 0.05) is 63.5 Å². The Hall–Kier alpha value is -1.74. The number of rotatable bonds is 3. The molecule has 148 valence electrons. The maximum Gasteiger partial charge on any atom is 0.451 e. The van der Waals surface area contributed by atoms with Gasteiger partial charge in [-0.15, -0.1) is 0 Å². The van der Waals surface area contributed by atoms with Crippen LogP contribution in [0.4, 0.5) is 13.2 Å². The SMILES string of the molecule is O=C(CN1CCc2nc(C(F)(F)F)ncc2C1)N1CCN(C2CCC2)CC1. The van der Waals surface area contributed by atoms with Crippen molar-refractivity contribution in [2.75, 3.05) is 39.3 Å². The van der Waals surface area contributed by atoms with Gasteiger partial charge < -0.3 is 4.90 Å². The van der Waals surface area contributed by atoms with E-state index in [1.807, 2.05) is 9.80 Å². The molecule has 4 rings (SSSR count). The molecule has 0 unspecified atom stereocenters. The number of halogens is 3. The lowest BCUT2D eigenvalue weighted by atomic mass is 9.91. The molecule has 27 heavy (non-hydrogen) atoms. The Kier molecular flexibility index (Phi) is 5.07. The smallest absolute Gasteiger partial charge is 0.339 e. The van der Waals surface area contributed by atoms with Crippen LogP contribution in [-0.2, 0) is 23.9 Å². The molecule has 0 bridgehead atoms. The fraction of sp³-hybridized carbons (Fsp3) is 0.722. The van der Waals surface area contributed by atoms with Crippen molar-refractivity contribution < 1.29 is 18.0 Å². The molecule has 3 aliphatic rings. The third kappa shape index (κ3) is 4.08. The van der Waals surface area contributed by atoms with Crippen molar-refractivity contribution in [3.63, 3.8) is 0 Å². The number of carbonyl (C=O) groups is 1. The maximum atomic E-state index is 12.7. The van der Waals surface area contributed by atoms with Gasteiger partial charge in [0.05, 0.1) is 12.2 Å².